The maximum atomic E-state index is 4.71. The van der Waals surface area contributed by atoms with Gasteiger partial charge in [-0.1, -0.05) is 38.1 Å². The average molecular weight is 545 g/mol. The largest absolute Gasteiger partial charge is 0.356 e. The third-order valence-corrected chi connectivity index (χ3v) is 5.66. The molecule has 0 radical (unpaired) electrons. The highest BCUT2D eigenvalue weighted by molar-refractivity contribution is 14.0. The summed E-state index contributed by atoms with van der Waals surface area (Å²) in [5.41, 5.74) is 2.78. The van der Waals surface area contributed by atoms with Gasteiger partial charge >= 0.3 is 0 Å². The van der Waals surface area contributed by atoms with Crippen molar-refractivity contribution in [2.45, 2.75) is 52.5 Å². The molecule has 0 saturated carbocycles. The molecule has 0 spiro atoms. The van der Waals surface area contributed by atoms with Gasteiger partial charge in [0.1, 0.15) is 12.4 Å². The maximum absolute atomic E-state index is 4.71. The van der Waals surface area contributed by atoms with Crippen molar-refractivity contribution in [3.63, 3.8) is 0 Å². The number of nitrogens with zero attached hydrogens (tertiary/aromatic N) is 4. The summed E-state index contributed by atoms with van der Waals surface area (Å²) in [6.07, 6.45) is 5.38. The zero-order valence-electron chi connectivity index (χ0n) is 18.9. The lowest BCUT2D eigenvalue weighted by atomic mass is 10.0. The molecule has 1 aromatic heterocycles. The van der Waals surface area contributed by atoms with E-state index in [9.17, 15) is 0 Å². The topological polar surface area (TPSA) is 67.1 Å². The van der Waals surface area contributed by atoms with Crippen LogP contribution in [0.1, 0.15) is 55.4 Å². The van der Waals surface area contributed by atoms with Crippen LogP contribution in [0.3, 0.4) is 0 Å². The Labute approximate surface area is 203 Å². The van der Waals surface area contributed by atoms with E-state index in [1.807, 2.05) is 30.3 Å². The Morgan fingerprint density at radius 2 is 1.77 bits per heavy atom. The Morgan fingerprint density at radius 3 is 2.33 bits per heavy atom. The van der Waals surface area contributed by atoms with E-state index in [2.05, 4.69) is 65.2 Å². The summed E-state index contributed by atoms with van der Waals surface area (Å²) >= 11 is 1.87. The number of aliphatic imine (C=N–C) groups is 1. The van der Waals surface area contributed by atoms with Crippen LogP contribution in [0, 0.1) is 6.92 Å². The van der Waals surface area contributed by atoms with E-state index in [4.69, 9.17) is 4.99 Å². The van der Waals surface area contributed by atoms with Gasteiger partial charge in [0, 0.05) is 20.1 Å². The molecule has 2 rings (SSSR count). The standard InChI is InChI=1S/C22H36N6S.HI/c1-17(2)20-11-9-19(10-12-20)8-6-13-23-22(24-14-7-15-29-5)25-16-21-27-26-18(3)28(21)4;/h9-12,17H,6-8,13-16H2,1-5H3,(H2,23,24,25);1H. The highest BCUT2D eigenvalue weighted by Crippen LogP contribution is 2.15. The van der Waals surface area contributed by atoms with Gasteiger partial charge in [-0.05, 0) is 55.2 Å². The number of thioether (sulfide) groups is 1. The molecule has 0 saturated heterocycles. The molecular weight excluding hydrogens is 507 g/mol. The molecule has 2 N–H and O–H groups in total. The second-order valence-corrected chi connectivity index (χ2v) is 8.57. The van der Waals surface area contributed by atoms with Gasteiger partial charge in [0.15, 0.2) is 11.8 Å². The van der Waals surface area contributed by atoms with Crippen LogP contribution in [0.15, 0.2) is 29.3 Å². The van der Waals surface area contributed by atoms with Crippen LogP contribution in [0.4, 0.5) is 0 Å². The molecule has 0 bridgehead atoms. The van der Waals surface area contributed by atoms with Gasteiger partial charge < -0.3 is 15.2 Å². The fourth-order valence-electron chi connectivity index (χ4n) is 2.90. The number of nitrogens with one attached hydrogen (secondary N) is 2. The van der Waals surface area contributed by atoms with Crippen LogP contribution in [-0.2, 0) is 20.0 Å². The minimum atomic E-state index is 0. The van der Waals surface area contributed by atoms with Gasteiger partial charge in [0.05, 0.1) is 0 Å². The summed E-state index contributed by atoms with van der Waals surface area (Å²) in [5, 5.41) is 15.2. The Hall–Kier alpha value is -1.29. The lowest BCUT2D eigenvalue weighted by Gasteiger charge is -2.13. The number of halogens is 1. The van der Waals surface area contributed by atoms with Crippen molar-refractivity contribution < 1.29 is 0 Å². The van der Waals surface area contributed by atoms with Crippen molar-refractivity contribution in [1.82, 2.24) is 25.4 Å². The van der Waals surface area contributed by atoms with Gasteiger partial charge in [-0.2, -0.15) is 11.8 Å². The van der Waals surface area contributed by atoms with Gasteiger partial charge in [-0.3, -0.25) is 0 Å². The molecule has 8 heteroatoms. The number of aromatic nitrogens is 3. The number of aryl methyl sites for hydroxylation is 2. The van der Waals surface area contributed by atoms with Crippen LogP contribution < -0.4 is 10.6 Å². The summed E-state index contributed by atoms with van der Waals surface area (Å²) in [6, 6.07) is 9.00. The highest BCUT2D eigenvalue weighted by atomic mass is 127. The first-order valence-electron chi connectivity index (χ1n) is 10.5. The van der Waals surface area contributed by atoms with Crippen molar-refractivity contribution in [3.8, 4) is 0 Å². The summed E-state index contributed by atoms with van der Waals surface area (Å²) in [7, 11) is 1.98. The summed E-state index contributed by atoms with van der Waals surface area (Å²) in [5.74, 6) is 4.36. The molecule has 0 aliphatic carbocycles. The third kappa shape index (κ3) is 9.24. The van der Waals surface area contributed by atoms with Gasteiger partial charge in [-0.15, -0.1) is 34.2 Å². The van der Waals surface area contributed by atoms with E-state index >= 15 is 0 Å². The zero-order valence-corrected chi connectivity index (χ0v) is 22.1. The summed E-state index contributed by atoms with van der Waals surface area (Å²) < 4.78 is 1.98. The van der Waals surface area contributed by atoms with Crippen LogP contribution >= 0.6 is 35.7 Å². The Bertz CT molecular complexity index is 757. The number of guanidine groups is 1. The van der Waals surface area contributed by atoms with Crippen molar-refractivity contribution in [3.05, 3.63) is 47.0 Å². The predicted molar refractivity (Wildman–Crippen MR) is 140 cm³/mol. The van der Waals surface area contributed by atoms with Crippen molar-refractivity contribution in [2.24, 2.45) is 12.0 Å². The minimum Gasteiger partial charge on any atom is -0.356 e. The van der Waals surface area contributed by atoms with Crippen molar-refractivity contribution in [1.29, 1.82) is 0 Å². The normalized spacial score (nSPS) is 11.5. The van der Waals surface area contributed by atoms with Gasteiger partial charge in [-0.25, -0.2) is 4.99 Å². The number of hydrogen-bond donors (Lipinski definition) is 2. The van der Waals surface area contributed by atoms with E-state index in [0.29, 0.717) is 12.5 Å². The second kappa shape index (κ2) is 14.7. The van der Waals surface area contributed by atoms with E-state index in [1.54, 1.807) is 0 Å². The molecule has 0 fully saturated rings. The molecule has 168 valence electrons. The molecule has 0 atom stereocenters. The van der Waals surface area contributed by atoms with Crippen LogP contribution in [0.5, 0.6) is 0 Å². The molecule has 6 nitrogen and oxygen atoms in total. The smallest absolute Gasteiger partial charge is 0.191 e. The first-order chi connectivity index (χ1) is 14.0. The lowest BCUT2D eigenvalue weighted by Crippen LogP contribution is -2.38. The van der Waals surface area contributed by atoms with Crippen molar-refractivity contribution >= 4 is 41.7 Å². The van der Waals surface area contributed by atoms with E-state index in [0.717, 1.165) is 55.7 Å². The first-order valence-corrected chi connectivity index (χ1v) is 11.9. The monoisotopic (exact) mass is 544 g/mol. The van der Waals surface area contributed by atoms with Crippen LogP contribution in [-0.4, -0.2) is 45.8 Å². The highest BCUT2D eigenvalue weighted by Gasteiger charge is 2.05. The molecule has 0 unspecified atom stereocenters. The molecule has 0 aliphatic rings. The number of benzene rings is 1. The van der Waals surface area contributed by atoms with E-state index in [1.165, 1.54) is 11.1 Å². The van der Waals surface area contributed by atoms with Crippen molar-refractivity contribution in [2.75, 3.05) is 25.1 Å². The van der Waals surface area contributed by atoms with Gasteiger partial charge in [0.2, 0.25) is 0 Å². The second-order valence-electron chi connectivity index (χ2n) is 7.59. The Morgan fingerprint density at radius 1 is 1.10 bits per heavy atom. The third-order valence-electron chi connectivity index (χ3n) is 4.96. The molecule has 30 heavy (non-hydrogen) atoms. The van der Waals surface area contributed by atoms with Gasteiger partial charge in [0.25, 0.3) is 0 Å². The molecule has 2 aromatic rings. The molecule has 1 heterocycles. The number of hydrogen-bond acceptors (Lipinski definition) is 4. The van der Waals surface area contributed by atoms with E-state index in [-0.39, 0.29) is 24.0 Å². The summed E-state index contributed by atoms with van der Waals surface area (Å²) in [4.78, 5) is 4.71. The zero-order chi connectivity index (χ0) is 21.1. The Kier molecular flexibility index (Phi) is 13.1. The summed E-state index contributed by atoms with van der Waals surface area (Å²) in [6.45, 7) is 8.74. The first kappa shape index (κ1) is 26.7. The van der Waals surface area contributed by atoms with Crippen LogP contribution in [0.25, 0.3) is 0 Å². The predicted octanol–water partition coefficient (Wildman–Crippen LogP) is 4.29. The Balaban J connectivity index is 0.00000450. The maximum Gasteiger partial charge on any atom is 0.191 e. The molecule has 0 amide bonds. The molecular formula is C22H37IN6S. The average Bonchev–Trinajstić information content (AvgIpc) is 3.04. The minimum absolute atomic E-state index is 0. The molecule has 0 aliphatic heterocycles. The SMILES string of the molecule is CSCCCNC(=NCc1nnc(C)n1C)NCCCc1ccc(C(C)C)cc1.I. The van der Waals surface area contributed by atoms with Crippen LogP contribution in [0.2, 0.25) is 0 Å². The van der Waals surface area contributed by atoms with E-state index < -0.39 is 0 Å². The quantitative estimate of drug-likeness (QED) is 0.191. The number of rotatable bonds is 11. The fraction of sp³-hybridized carbons (Fsp3) is 0.591. The fourth-order valence-corrected chi connectivity index (χ4v) is 3.34. The lowest BCUT2D eigenvalue weighted by molar-refractivity contribution is 0.720. The molecule has 1 aromatic carbocycles.